The lowest BCUT2D eigenvalue weighted by Gasteiger charge is -2.31. The van der Waals surface area contributed by atoms with Crippen LogP contribution in [0.2, 0.25) is 0 Å². The van der Waals surface area contributed by atoms with Crippen LogP contribution in [0, 0.1) is 0 Å². The number of nitrogens with zero attached hydrogens (tertiary/aromatic N) is 1. The van der Waals surface area contributed by atoms with Gasteiger partial charge in [0.25, 0.3) is 0 Å². The van der Waals surface area contributed by atoms with Crippen LogP contribution in [-0.4, -0.2) is 50.7 Å². The lowest BCUT2D eigenvalue weighted by Crippen LogP contribution is -2.47. The second kappa shape index (κ2) is 5.93. The summed E-state index contributed by atoms with van der Waals surface area (Å²) in [6, 6.07) is 6.06. The lowest BCUT2D eigenvalue weighted by atomic mass is 9.86. The molecular formula is C16H22N2O3. The monoisotopic (exact) mass is 290 g/mol. The van der Waals surface area contributed by atoms with E-state index in [-0.39, 0.29) is 11.9 Å². The molecule has 0 spiro atoms. The number of carbonyl (C=O) groups is 1. The number of fused-ring (bicyclic) bond motifs is 1. The van der Waals surface area contributed by atoms with Gasteiger partial charge in [-0.2, -0.15) is 0 Å². The Balaban J connectivity index is 1.75. The molecule has 2 atom stereocenters. The van der Waals surface area contributed by atoms with E-state index in [0.717, 1.165) is 30.9 Å². The lowest BCUT2D eigenvalue weighted by molar-refractivity contribution is -0.131. The first kappa shape index (κ1) is 14.2. The number of ether oxygens (including phenoxy) is 2. The highest BCUT2D eigenvalue weighted by atomic mass is 16.6. The van der Waals surface area contributed by atoms with Crippen LogP contribution in [0.5, 0.6) is 11.5 Å². The molecule has 0 aliphatic carbocycles. The van der Waals surface area contributed by atoms with Crippen molar-refractivity contribution in [2.24, 2.45) is 0 Å². The van der Waals surface area contributed by atoms with Gasteiger partial charge in [-0.25, -0.2) is 0 Å². The van der Waals surface area contributed by atoms with E-state index in [1.54, 1.807) is 19.0 Å². The van der Waals surface area contributed by atoms with E-state index in [9.17, 15) is 4.79 Å². The fourth-order valence-electron chi connectivity index (χ4n) is 3.03. The summed E-state index contributed by atoms with van der Waals surface area (Å²) in [5.41, 5.74) is 1.23. The van der Waals surface area contributed by atoms with Crippen molar-refractivity contribution in [2.45, 2.75) is 24.8 Å². The molecule has 5 nitrogen and oxygen atoms in total. The highest BCUT2D eigenvalue weighted by molar-refractivity contribution is 5.81. The van der Waals surface area contributed by atoms with Crippen molar-refractivity contribution in [3.63, 3.8) is 0 Å². The van der Waals surface area contributed by atoms with Crippen LogP contribution >= 0.6 is 0 Å². The summed E-state index contributed by atoms with van der Waals surface area (Å²) >= 11 is 0. The molecule has 0 bridgehead atoms. The molecule has 2 unspecified atom stereocenters. The third-order valence-electron chi connectivity index (χ3n) is 4.18. The topological polar surface area (TPSA) is 50.8 Å². The molecule has 1 amide bonds. The predicted molar refractivity (Wildman–Crippen MR) is 79.9 cm³/mol. The standard InChI is InChI=1S/C16H22N2O3/c1-18(2)16(19)13-9-12(5-6-17-13)11-3-4-14-15(10-11)21-8-7-20-14/h3-4,10,12-13,17H,5-9H2,1-2H3. The van der Waals surface area contributed by atoms with Crippen molar-refractivity contribution in [1.29, 1.82) is 0 Å². The molecule has 5 heteroatoms. The Bertz CT molecular complexity index is 530. The molecule has 3 rings (SSSR count). The van der Waals surface area contributed by atoms with Gasteiger partial charge in [0, 0.05) is 14.1 Å². The maximum Gasteiger partial charge on any atom is 0.239 e. The molecule has 1 fully saturated rings. The molecule has 1 N–H and O–H groups in total. The van der Waals surface area contributed by atoms with Crippen molar-refractivity contribution in [3.05, 3.63) is 23.8 Å². The first-order valence-corrected chi connectivity index (χ1v) is 7.49. The minimum absolute atomic E-state index is 0.0908. The van der Waals surface area contributed by atoms with Crippen LogP contribution < -0.4 is 14.8 Å². The third kappa shape index (κ3) is 2.97. The first-order chi connectivity index (χ1) is 10.1. The van der Waals surface area contributed by atoms with Crippen molar-refractivity contribution in [1.82, 2.24) is 10.2 Å². The van der Waals surface area contributed by atoms with E-state index in [1.807, 2.05) is 6.07 Å². The maximum atomic E-state index is 12.1. The van der Waals surface area contributed by atoms with Gasteiger partial charge in [-0.3, -0.25) is 4.79 Å². The molecule has 2 heterocycles. The fourth-order valence-corrected chi connectivity index (χ4v) is 3.03. The number of nitrogens with one attached hydrogen (secondary N) is 1. The molecule has 0 saturated carbocycles. The first-order valence-electron chi connectivity index (χ1n) is 7.49. The van der Waals surface area contributed by atoms with Crippen LogP contribution in [0.4, 0.5) is 0 Å². The Hall–Kier alpha value is -1.75. The maximum absolute atomic E-state index is 12.1. The molecule has 1 aromatic rings. The van der Waals surface area contributed by atoms with Crippen LogP contribution in [0.3, 0.4) is 0 Å². The second-order valence-corrected chi connectivity index (χ2v) is 5.86. The molecule has 1 saturated heterocycles. The number of rotatable bonds is 2. The molecule has 114 valence electrons. The van der Waals surface area contributed by atoms with Crippen LogP contribution in [0.25, 0.3) is 0 Å². The zero-order chi connectivity index (χ0) is 14.8. The van der Waals surface area contributed by atoms with E-state index in [2.05, 4.69) is 17.4 Å². The minimum atomic E-state index is -0.0908. The Labute approximate surface area is 125 Å². The average Bonchev–Trinajstić information content (AvgIpc) is 2.53. The second-order valence-electron chi connectivity index (χ2n) is 5.86. The minimum Gasteiger partial charge on any atom is -0.486 e. The SMILES string of the molecule is CN(C)C(=O)C1CC(c2ccc3c(c2)OCCO3)CCN1. The van der Waals surface area contributed by atoms with Crippen molar-refractivity contribution >= 4 is 5.91 Å². The van der Waals surface area contributed by atoms with E-state index in [0.29, 0.717) is 19.1 Å². The summed E-state index contributed by atoms with van der Waals surface area (Å²) in [6.45, 7) is 2.08. The molecule has 21 heavy (non-hydrogen) atoms. The van der Waals surface area contributed by atoms with Crippen molar-refractivity contribution < 1.29 is 14.3 Å². The van der Waals surface area contributed by atoms with Crippen molar-refractivity contribution in [2.75, 3.05) is 33.9 Å². The van der Waals surface area contributed by atoms with Gasteiger partial charge in [-0.1, -0.05) is 6.07 Å². The van der Waals surface area contributed by atoms with Gasteiger partial charge in [0.05, 0.1) is 6.04 Å². The number of hydrogen-bond donors (Lipinski definition) is 1. The Morgan fingerprint density at radius 1 is 1.24 bits per heavy atom. The summed E-state index contributed by atoms with van der Waals surface area (Å²) in [6.07, 6.45) is 1.87. The van der Waals surface area contributed by atoms with Gasteiger partial charge in [-0.15, -0.1) is 0 Å². The highest BCUT2D eigenvalue weighted by Crippen LogP contribution is 2.36. The Kier molecular flexibility index (Phi) is 4.01. The normalized spacial score (nSPS) is 24.5. The van der Waals surface area contributed by atoms with Crippen LogP contribution in [0.15, 0.2) is 18.2 Å². The zero-order valence-corrected chi connectivity index (χ0v) is 12.6. The summed E-state index contributed by atoms with van der Waals surface area (Å²) in [7, 11) is 3.61. The predicted octanol–water partition coefficient (Wildman–Crippen LogP) is 1.38. The summed E-state index contributed by atoms with van der Waals surface area (Å²) < 4.78 is 11.2. The summed E-state index contributed by atoms with van der Waals surface area (Å²) in [5.74, 6) is 2.18. The van der Waals surface area contributed by atoms with Crippen molar-refractivity contribution in [3.8, 4) is 11.5 Å². The summed E-state index contributed by atoms with van der Waals surface area (Å²) in [5, 5.41) is 3.32. The van der Waals surface area contributed by atoms with Gasteiger partial charge in [0.1, 0.15) is 13.2 Å². The number of piperidine rings is 1. The molecular weight excluding hydrogens is 268 g/mol. The largest absolute Gasteiger partial charge is 0.486 e. The van der Waals surface area contributed by atoms with Crippen LogP contribution in [-0.2, 0) is 4.79 Å². The van der Waals surface area contributed by atoms with Gasteiger partial charge >= 0.3 is 0 Å². The average molecular weight is 290 g/mol. The zero-order valence-electron chi connectivity index (χ0n) is 12.6. The van der Waals surface area contributed by atoms with Gasteiger partial charge < -0.3 is 19.7 Å². The van der Waals surface area contributed by atoms with E-state index in [1.165, 1.54) is 5.56 Å². The number of likely N-dealkylation sites (N-methyl/N-ethyl adjacent to an activating group) is 1. The highest BCUT2D eigenvalue weighted by Gasteiger charge is 2.29. The molecule has 2 aliphatic rings. The van der Waals surface area contributed by atoms with E-state index < -0.39 is 0 Å². The van der Waals surface area contributed by atoms with E-state index in [4.69, 9.17) is 9.47 Å². The number of hydrogen-bond acceptors (Lipinski definition) is 4. The van der Waals surface area contributed by atoms with Gasteiger partial charge in [0.15, 0.2) is 11.5 Å². The molecule has 1 aromatic carbocycles. The smallest absolute Gasteiger partial charge is 0.239 e. The summed E-state index contributed by atoms with van der Waals surface area (Å²) in [4.78, 5) is 13.8. The number of benzene rings is 1. The molecule has 0 aromatic heterocycles. The number of carbonyl (C=O) groups excluding carboxylic acids is 1. The Morgan fingerprint density at radius 3 is 2.76 bits per heavy atom. The Morgan fingerprint density at radius 2 is 2.00 bits per heavy atom. The van der Waals surface area contributed by atoms with Crippen LogP contribution in [0.1, 0.15) is 24.3 Å². The third-order valence-corrected chi connectivity index (χ3v) is 4.18. The van der Waals surface area contributed by atoms with Gasteiger partial charge in [-0.05, 0) is 43.0 Å². The quantitative estimate of drug-likeness (QED) is 0.894. The number of amides is 1. The van der Waals surface area contributed by atoms with Gasteiger partial charge in [0.2, 0.25) is 5.91 Å². The molecule has 2 aliphatic heterocycles. The molecule has 0 radical (unpaired) electrons. The fraction of sp³-hybridized carbons (Fsp3) is 0.562. The van der Waals surface area contributed by atoms with E-state index >= 15 is 0 Å².